The van der Waals surface area contributed by atoms with Crippen LogP contribution in [-0.2, 0) is 4.74 Å². The molecule has 2 fully saturated rings. The molecule has 7 nitrogen and oxygen atoms in total. The molecule has 0 radical (unpaired) electrons. The average molecular weight is 291 g/mol. The summed E-state index contributed by atoms with van der Waals surface area (Å²) in [5, 5.41) is 10.9. The first kappa shape index (κ1) is 14.2. The van der Waals surface area contributed by atoms with Crippen molar-refractivity contribution in [3.8, 4) is 0 Å². The van der Waals surface area contributed by atoms with Gasteiger partial charge in [0.25, 0.3) is 5.91 Å². The molecule has 0 spiro atoms. The number of carbonyl (C=O) groups is 1. The molecule has 0 aliphatic carbocycles. The second kappa shape index (κ2) is 6.36. The Hall–Kier alpha value is -1.73. The Morgan fingerprint density at radius 1 is 1.29 bits per heavy atom. The summed E-state index contributed by atoms with van der Waals surface area (Å²) in [6.07, 6.45) is 1.02. The highest BCUT2D eigenvalue weighted by atomic mass is 16.5. The van der Waals surface area contributed by atoms with Crippen LogP contribution < -0.4 is 5.32 Å². The number of amides is 1. The molecule has 2 saturated heterocycles. The molecule has 0 bridgehead atoms. The zero-order valence-electron chi connectivity index (χ0n) is 12.3. The van der Waals surface area contributed by atoms with Crippen LogP contribution in [-0.4, -0.2) is 78.4 Å². The number of morpholine rings is 1. The van der Waals surface area contributed by atoms with Crippen LogP contribution in [0.2, 0.25) is 0 Å². The molecule has 1 N–H and O–H groups in total. The fraction of sp³-hybridized carbons (Fsp3) is 0.643. The van der Waals surface area contributed by atoms with E-state index in [1.165, 1.54) is 0 Å². The number of carbonyl (C=O) groups excluding carboxylic acids is 1. The van der Waals surface area contributed by atoms with E-state index < -0.39 is 0 Å². The van der Waals surface area contributed by atoms with Crippen LogP contribution in [0.1, 0.15) is 16.9 Å². The molecule has 1 aromatic rings. The molecular formula is C14H21N5O2. The largest absolute Gasteiger partial charge is 0.379 e. The Labute approximate surface area is 124 Å². The molecule has 2 aliphatic heterocycles. The minimum Gasteiger partial charge on any atom is -0.379 e. The van der Waals surface area contributed by atoms with Gasteiger partial charge in [0.2, 0.25) is 0 Å². The summed E-state index contributed by atoms with van der Waals surface area (Å²) >= 11 is 0. The summed E-state index contributed by atoms with van der Waals surface area (Å²) in [5.74, 6) is 0.639. The fourth-order valence-electron chi connectivity index (χ4n) is 2.91. The quantitative estimate of drug-likeness (QED) is 0.849. The lowest BCUT2D eigenvalue weighted by atomic mass is 10.2. The van der Waals surface area contributed by atoms with Crippen molar-refractivity contribution >= 4 is 11.7 Å². The minimum absolute atomic E-state index is 0.0269. The van der Waals surface area contributed by atoms with Gasteiger partial charge in [0.1, 0.15) is 5.82 Å². The van der Waals surface area contributed by atoms with E-state index >= 15 is 0 Å². The summed E-state index contributed by atoms with van der Waals surface area (Å²) in [7, 11) is 1.78. The van der Waals surface area contributed by atoms with Crippen molar-refractivity contribution in [2.45, 2.75) is 12.5 Å². The van der Waals surface area contributed by atoms with Gasteiger partial charge in [0.05, 0.1) is 13.2 Å². The van der Waals surface area contributed by atoms with Gasteiger partial charge in [-0.05, 0) is 18.6 Å². The molecule has 0 aromatic carbocycles. The number of hydrogen-bond donors (Lipinski definition) is 1. The second-order valence-corrected chi connectivity index (χ2v) is 5.40. The molecule has 3 heterocycles. The van der Waals surface area contributed by atoms with E-state index in [2.05, 4.69) is 20.4 Å². The van der Waals surface area contributed by atoms with Crippen LogP contribution >= 0.6 is 0 Å². The lowest BCUT2D eigenvalue weighted by molar-refractivity contribution is 0.0185. The van der Waals surface area contributed by atoms with E-state index in [1.54, 1.807) is 19.2 Å². The second-order valence-electron chi connectivity index (χ2n) is 5.40. The Morgan fingerprint density at radius 2 is 2.10 bits per heavy atom. The highest BCUT2D eigenvalue weighted by molar-refractivity contribution is 5.92. The monoisotopic (exact) mass is 291 g/mol. The van der Waals surface area contributed by atoms with Gasteiger partial charge in [-0.15, -0.1) is 10.2 Å². The number of aromatic nitrogens is 2. The highest BCUT2D eigenvalue weighted by Crippen LogP contribution is 2.18. The zero-order chi connectivity index (χ0) is 14.7. The molecule has 1 unspecified atom stereocenters. The van der Waals surface area contributed by atoms with Crippen molar-refractivity contribution in [3.05, 3.63) is 17.8 Å². The van der Waals surface area contributed by atoms with E-state index in [0.717, 1.165) is 45.8 Å². The van der Waals surface area contributed by atoms with Gasteiger partial charge in [-0.3, -0.25) is 9.69 Å². The van der Waals surface area contributed by atoms with E-state index in [-0.39, 0.29) is 5.91 Å². The molecule has 3 rings (SSSR count). The maximum absolute atomic E-state index is 12.4. The van der Waals surface area contributed by atoms with Crippen molar-refractivity contribution < 1.29 is 9.53 Å². The van der Waals surface area contributed by atoms with E-state index in [1.807, 2.05) is 4.90 Å². The van der Waals surface area contributed by atoms with Crippen molar-refractivity contribution in [3.63, 3.8) is 0 Å². The minimum atomic E-state index is -0.0269. The van der Waals surface area contributed by atoms with E-state index in [4.69, 9.17) is 4.74 Å². The topological polar surface area (TPSA) is 70.6 Å². The number of nitrogens with one attached hydrogen (secondary N) is 1. The van der Waals surface area contributed by atoms with Gasteiger partial charge in [-0.25, -0.2) is 0 Å². The van der Waals surface area contributed by atoms with Crippen molar-refractivity contribution in [2.75, 3.05) is 51.8 Å². The predicted octanol–water partition coefficient (Wildman–Crippen LogP) is 0.0650. The number of anilines is 1. The van der Waals surface area contributed by atoms with Gasteiger partial charge in [0, 0.05) is 39.3 Å². The number of ether oxygens (including phenoxy) is 1. The molecule has 1 atom stereocenters. The third-order valence-corrected chi connectivity index (χ3v) is 4.15. The lowest BCUT2D eigenvalue weighted by Gasteiger charge is -2.32. The average Bonchev–Trinajstić information content (AvgIpc) is 3.05. The van der Waals surface area contributed by atoms with Crippen LogP contribution in [0.4, 0.5) is 5.82 Å². The van der Waals surface area contributed by atoms with Gasteiger partial charge in [0.15, 0.2) is 5.69 Å². The number of rotatable bonds is 3. The number of likely N-dealkylation sites (tertiary alicyclic amines) is 1. The van der Waals surface area contributed by atoms with Crippen LogP contribution in [0.5, 0.6) is 0 Å². The Morgan fingerprint density at radius 3 is 2.76 bits per heavy atom. The van der Waals surface area contributed by atoms with Gasteiger partial charge < -0.3 is 15.0 Å². The molecule has 1 amide bonds. The summed E-state index contributed by atoms with van der Waals surface area (Å²) in [6.45, 7) is 5.07. The molecule has 114 valence electrons. The summed E-state index contributed by atoms with van der Waals surface area (Å²) in [4.78, 5) is 16.7. The van der Waals surface area contributed by atoms with Crippen LogP contribution in [0.3, 0.4) is 0 Å². The van der Waals surface area contributed by atoms with Crippen LogP contribution in [0.15, 0.2) is 12.1 Å². The smallest absolute Gasteiger partial charge is 0.274 e. The first-order valence-corrected chi connectivity index (χ1v) is 7.40. The van der Waals surface area contributed by atoms with Crippen molar-refractivity contribution in [2.24, 2.45) is 0 Å². The van der Waals surface area contributed by atoms with Crippen molar-refractivity contribution in [1.29, 1.82) is 0 Å². The maximum Gasteiger partial charge on any atom is 0.274 e. The zero-order valence-corrected chi connectivity index (χ0v) is 12.3. The molecule has 1 aromatic heterocycles. The SMILES string of the molecule is CNc1ccc(C(=O)N2CCC(N3CCOCC3)C2)nn1. The Bertz CT molecular complexity index is 487. The predicted molar refractivity (Wildman–Crippen MR) is 78.3 cm³/mol. The third-order valence-electron chi connectivity index (χ3n) is 4.15. The van der Waals surface area contributed by atoms with Crippen LogP contribution in [0, 0.1) is 0 Å². The van der Waals surface area contributed by atoms with Gasteiger partial charge in [-0.1, -0.05) is 0 Å². The normalized spacial score (nSPS) is 23.3. The first-order valence-electron chi connectivity index (χ1n) is 7.40. The standard InChI is InChI=1S/C14H21N5O2/c1-15-13-3-2-12(16-17-13)14(20)19-5-4-11(10-19)18-6-8-21-9-7-18/h2-3,11H,4-10H2,1H3,(H,15,17). The Balaban J connectivity index is 1.60. The number of nitrogens with zero attached hydrogens (tertiary/aromatic N) is 4. The summed E-state index contributed by atoms with van der Waals surface area (Å²) < 4.78 is 5.38. The molecule has 7 heteroatoms. The molecule has 0 saturated carbocycles. The van der Waals surface area contributed by atoms with Gasteiger partial charge >= 0.3 is 0 Å². The Kier molecular flexibility index (Phi) is 4.31. The van der Waals surface area contributed by atoms with Crippen LogP contribution in [0.25, 0.3) is 0 Å². The molecule has 2 aliphatic rings. The van der Waals surface area contributed by atoms with E-state index in [0.29, 0.717) is 17.6 Å². The van der Waals surface area contributed by atoms with Gasteiger partial charge in [-0.2, -0.15) is 0 Å². The summed E-state index contributed by atoms with van der Waals surface area (Å²) in [6, 6.07) is 3.95. The first-order chi connectivity index (χ1) is 10.3. The van der Waals surface area contributed by atoms with Crippen molar-refractivity contribution in [1.82, 2.24) is 20.0 Å². The number of hydrogen-bond acceptors (Lipinski definition) is 6. The highest BCUT2D eigenvalue weighted by Gasteiger charge is 2.32. The molecular weight excluding hydrogens is 270 g/mol. The summed E-state index contributed by atoms with van der Waals surface area (Å²) in [5.41, 5.74) is 0.414. The maximum atomic E-state index is 12.4. The molecule has 21 heavy (non-hydrogen) atoms. The third kappa shape index (κ3) is 3.14. The lowest BCUT2D eigenvalue weighted by Crippen LogP contribution is -2.45. The van der Waals surface area contributed by atoms with E-state index in [9.17, 15) is 4.79 Å². The fourth-order valence-corrected chi connectivity index (χ4v) is 2.91.